The fourth-order valence-electron chi connectivity index (χ4n) is 6.63. The molecule has 3 unspecified atom stereocenters. The summed E-state index contributed by atoms with van der Waals surface area (Å²) in [6.45, 7) is 4.50. The molecule has 51 heavy (non-hydrogen) atoms. The molecule has 0 heterocycles. The summed E-state index contributed by atoms with van der Waals surface area (Å²) < 4.78 is 32.5. The number of amides is 1. The van der Waals surface area contributed by atoms with E-state index in [9.17, 15) is 28.0 Å². The van der Waals surface area contributed by atoms with E-state index >= 15 is 0 Å². The van der Waals surface area contributed by atoms with Gasteiger partial charge in [-0.15, -0.1) is 0 Å². The van der Waals surface area contributed by atoms with Crippen LogP contribution in [0.1, 0.15) is 219 Å². The van der Waals surface area contributed by atoms with Crippen LogP contribution in [0.5, 0.6) is 0 Å². The van der Waals surface area contributed by atoms with Gasteiger partial charge in [0.15, 0.2) is 0 Å². The van der Waals surface area contributed by atoms with Gasteiger partial charge in [-0.25, -0.2) is 0 Å². The molecule has 0 fully saturated rings. The summed E-state index contributed by atoms with van der Waals surface area (Å²) in [4.78, 5) is 12.6. The first-order valence-electron chi connectivity index (χ1n) is 21.6. The predicted molar refractivity (Wildman–Crippen MR) is 218 cm³/mol. The minimum atomic E-state index is -4.44. The standard InChI is InChI=1S/C43H83NO6S/c1-3-5-7-9-11-13-15-17-18-19-20-21-22-23-24-25-26-28-30-32-34-36-38-42(46)43(47)44-40(39-51(48,49)50)41(45)37-35-33-31-29-27-16-14-12-10-8-6-4-2/h23-24,35,37,40-42,45-46H,3-22,25-34,36,38-39H2,1-2H3,(H,44,47)(H,48,49,50)/b24-23-,37-35+. The van der Waals surface area contributed by atoms with Gasteiger partial charge in [0.1, 0.15) is 6.10 Å². The number of hydrogen-bond acceptors (Lipinski definition) is 5. The summed E-state index contributed by atoms with van der Waals surface area (Å²) in [5.41, 5.74) is 0. The summed E-state index contributed by atoms with van der Waals surface area (Å²) in [7, 11) is -4.44. The largest absolute Gasteiger partial charge is 0.387 e. The maximum Gasteiger partial charge on any atom is 0.267 e. The third kappa shape index (κ3) is 36.9. The third-order valence-electron chi connectivity index (χ3n) is 9.98. The summed E-state index contributed by atoms with van der Waals surface area (Å²) >= 11 is 0. The molecule has 0 aliphatic heterocycles. The van der Waals surface area contributed by atoms with E-state index in [-0.39, 0.29) is 6.42 Å². The lowest BCUT2D eigenvalue weighted by molar-refractivity contribution is -0.130. The number of rotatable bonds is 39. The van der Waals surface area contributed by atoms with E-state index in [0.29, 0.717) is 6.42 Å². The van der Waals surface area contributed by atoms with Crippen molar-refractivity contribution in [1.29, 1.82) is 0 Å². The van der Waals surface area contributed by atoms with Crippen LogP contribution in [0.3, 0.4) is 0 Å². The molecule has 8 heteroatoms. The second-order valence-corrected chi connectivity index (χ2v) is 16.6. The van der Waals surface area contributed by atoms with Gasteiger partial charge in [-0.3, -0.25) is 9.35 Å². The van der Waals surface area contributed by atoms with Gasteiger partial charge in [-0.05, 0) is 44.9 Å². The minimum absolute atomic E-state index is 0.275. The van der Waals surface area contributed by atoms with E-state index in [4.69, 9.17) is 0 Å². The number of aliphatic hydroxyl groups is 2. The Kier molecular flexibility index (Phi) is 36.2. The Hall–Kier alpha value is -1.22. The van der Waals surface area contributed by atoms with Gasteiger partial charge >= 0.3 is 0 Å². The van der Waals surface area contributed by atoms with Crippen LogP contribution < -0.4 is 5.32 Å². The van der Waals surface area contributed by atoms with Gasteiger partial charge < -0.3 is 15.5 Å². The fourth-order valence-corrected chi connectivity index (χ4v) is 7.36. The highest BCUT2D eigenvalue weighted by Gasteiger charge is 2.27. The topological polar surface area (TPSA) is 124 Å². The van der Waals surface area contributed by atoms with Crippen molar-refractivity contribution in [1.82, 2.24) is 5.32 Å². The number of unbranched alkanes of at least 4 members (excludes halogenated alkanes) is 28. The molecule has 0 radical (unpaired) electrons. The number of nitrogens with one attached hydrogen (secondary N) is 1. The van der Waals surface area contributed by atoms with Gasteiger partial charge in [-0.1, -0.05) is 199 Å². The lowest BCUT2D eigenvalue weighted by atomic mass is 10.0. The molecule has 0 spiro atoms. The molecule has 7 nitrogen and oxygen atoms in total. The lowest BCUT2D eigenvalue weighted by Gasteiger charge is -2.22. The number of carbonyl (C=O) groups excluding carboxylic acids is 1. The molecule has 302 valence electrons. The van der Waals surface area contributed by atoms with Gasteiger partial charge in [0.05, 0.1) is 17.9 Å². The van der Waals surface area contributed by atoms with Crippen LogP contribution >= 0.6 is 0 Å². The minimum Gasteiger partial charge on any atom is -0.387 e. The fraction of sp³-hybridized carbons (Fsp3) is 0.884. The SMILES string of the molecule is CCCCCCCCCCCC/C=C/C(O)C(CS(=O)(=O)O)NC(=O)C(O)CCCCCCCC/C=C\CCCCCCCCCCCCCC. The molecule has 0 aliphatic rings. The van der Waals surface area contributed by atoms with Crippen LogP contribution in [0.4, 0.5) is 0 Å². The Morgan fingerprint density at radius 1 is 0.529 bits per heavy atom. The van der Waals surface area contributed by atoms with Crippen molar-refractivity contribution in [2.75, 3.05) is 5.75 Å². The smallest absolute Gasteiger partial charge is 0.267 e. The monoisotopic (exact) mass is 742 g/mol. The molecule has 0 bridgehead atoms. The normalized spacial score (nSPS) is 14.1. The van der Waals surface area contributed by atoms with Crippen molar-refractivity contribution >= 4 is 16.0 Å². The Bertz CT molecular complexity index is 921. The van der Waals surface area contributed by atoms with Crippen molar-refractivity contribution in [2.45, 2.75) is 238 Å². The third-order valence-corrected chi connectivity index (χ3v) is 10.8. The number of aliphatic hydroxyl groups excluding tert-OH is 2. The van der Waals surface area contributed by atoms with E-state index < -0.39 is 40.0 Å². The number of carbonyl (C=O) groups is 1. The zero-order valence-electron chi connectivity index (χ0n) is 33.4. The molecular weight excluding hydrogens is 659 g/mol. The summed E-state index contributed by atoms with van der Waals surface area (Å²) in [6.07, 6.45) is 43.8. The van der Waals surface area contributed by atoms with Crippen molar-refractivity contribution in [3.8, 4) is 0 Å². The average molecular weight is 742 g/mol. The number of hydrogen-bond donors (Lipinski definition) is 4. The van der Waals surface area contributed by atoms with Crippen molar-refractivity contribution in [3.05, 3.63) is 24.3 Å². The summed E-state index contributed by atoms with van der Waals surface area (Å²) in [5, 5.41) is 23.4. The molecule has 0 aliphatic carbocycles. The van der Waals surface area contributed by atoms with Gasteiger partial charge in [0, 0.05) is 0 Å². The van der Waals surface area contributed by atoms with Crippen molar-refractivity contribution in [3.63, 3.8) is 0 Å². The van der Waals surface area contributed by atoms with Gasteiger partial charge in [0.25, 0.3) is 10.1 Å². The van der Waals surface area contributed by atoms with Crippen LogP contribution in [0.2, 0.25) is 0 Å². The van der Waals surface area contributed by atoms with Crippen LogP contribution in [0.25, 0.3) is 0 Å². The second kappa shape index (κ2) is 37.1. The Balaban J connectivity index is 3.94. The van der Waals surface area contributed by atoms with Crippen LogP contribution in [0, 0.1) is 0 Å². The predicted octanol–water partition coefficient (Wildman–Crippen LogP) is 11.7. The van der Waals surface area contributed by atoms with Gasteiger partial charge in [0.2, 0.25) is 5.91 Å². The molecule has 4 N–H and O–H groups in total. The Labute approximate surface area is 316 Å². The molecular formula is C43H83NO6S. The van der Waals surface area contributed by atoms with Crippen molar-refractivity contribution < 1.29 is 28.0 Å². The highest BCUT2D eigenvalue weighted by molar-refractivity contribution is 7.85. The molecule has 1 amide bonds. The summed E-state index contributed by atoms with van der Waals surface area (Å²) in [5.74, 6) is -1.54. The molecule has 0 saturated heterocycles. The lowest BCUT2D eigenvalue weighted by Crippen LogP contribution is -2.50. The first-order chi connectivity index (χ1) is 24.7. The zero-order chi connectivity index (χ0) is 37.7. The van der Waals surface area contributed by atoms with Crippen LogP contribution in [-0.2, 0) is 14.9 Å². The van der Waals surface area contributed by atoms with Gasteiger partial charge in [-0.2, -0.15) is 8.42 Å². The van der Waals surface area contributed by atoms with E-state index in [2.05, 4.69) is 31.3 Å². The molecule has 0 aromatic carbocycles. The first-order valence-corrected chi connectivity index (χ1v) is 23.3. The Morgan fingerprint density at radius 2 is 0.863 bits per heavy atom. The first kappa shape index (κ1) is 49.8. The maximum atomic E-state index is 12.6. The molecule has 3 atom stereocenters. The average Bonchev–Trinajstić information content (AvgIpc) is 3.09. The molecule has 0 aromatic heterocycles. The quantitative estimate of drug-likeness (QED) is 0.0282. The van der Waals surface area contributed by atoms with Crippen LogP contribution in [0.15, 0.2) is 24.3 Å². The molecule has 0 rings (SSSR count). The molecule has 0 aromatic rings. The van der Waals surface area contributed by atoms with E-state index in [1.165, 1.54) is 154 Å². The Morgan fingerprint density at radius 3 is 1.24 bits per heavy atom. The van der Waals surface area contributed by atoms with E-state index in [1.807, 2.05) is 0 Å². The summed E-state index contributed by atoms with van der Waals surface area (Å²) in [6, 6.07) is -1.23. The zero-order valence-corrected chi connectivity index (χ0v) is 34.2. The van der Waals surface area contributed by atoms with E-state index in [1.54, 1.807) is 6.08 Å². The van der Waals surface area contributed by atoms with E-state index in [0.717, 1.165) is 44.9 Å². The highest BCUT2D eigenvalue weighted by Crippen LogP contribution is 2.15. The van der Waals surface area contributed by atoms with Crippen molar-refractivity contribution in [2.24, 2.45) is 0 Å². The number of allylic oxidation sites excluding steroid dienone is 3. The highest BCUT2D eigenvalue weighted by atomic mass is 32.2. The second-order valence-electron chi connectivity index (χ2n) is 15.1. The van der Waals surface area contributed by atoms with Crippen LogP contribution in [-0.4, -0.2) is 53.1 Å². The maximum absolute atomic E-state index is 12.6. The molecule has 0 saturated carbocycles.